The molecule has 0 bridgehead atoms. The molecule has 1 unspecified atom stereocenters. The van der Waals surface area contributed by atoms with E-state index < -0.39 is 0 Å². The Hall–Kier alpha value is -0.290. The first-order chi connectivity index (χ1) is 8.29. The molecule has 17 heavy (non-hydrogen) atoms. The van der Waals surface area contributed by atoms with Gasteiger partial charge in [0, 0.05) is 27.0 Å². The molecule has 0 radical (unpaired) electrons. The third kappa shape index (κ3) is 3.85. The lowest BCUT2D eigenvalue weighted by molar-refractivity contribution is 0.959. The minimum atomic E-state index is 0.395. The fraction of sp³-hybridized carbons (Fsp3) is 0.231. The molecule has 2 aromatic rings. The minimum absolute atomic E-state index is 0.395. The van der Waals surface area contributed by atoms with Crippen molar-refractivity contribution < 1.29 is 0 Å². The molecule has 0 fully saturated rings. The molecule has 1 nitrogen and oxygen atoms in total. The highest BCUT2D eigenvalue weighted by Gasteiger charge is 2.12. The van der Waals surface area contributed by atoms with Crippen LogP contribution in [0.5, 0.6) is 0 Å². The minimum Gasteiger partial charge on any atom is -0.329 e. The molecule has 1 aromatic carbocycles. The number of thioether (sulfide) groups is 1. The topological polar surface area (TPSA) is 26.0 Å². The van der Waals surface area contributed by atoms with Gasteiger partial charge in [-0.05, 0) is 27.6 Å². The smallest absolute Gasteiger partial charge is 0.0517 e. The van der Waals surface area contributed by atoms with Gasteiger partial charge in [0.25, 0.3) is 0 Å². The van der Waals surface area contributed by atoms with Crippen molar-refractivity contribution >= 4 is 39.0 Å². The first-order valence-electron chi connectivity index (χ1n) is 5.39. The normalized spacial score (nSPS) is 12.6. The van der Waals surface area contributed by atoms with Crippen LogP contribution in [0.1, 0.15) is 15.7 Å². The van der Waals surface area contributed by atoms with E-state index in [1.54, 1.807) is 11.3 Å². The van der Waals surface area contributed by atoms with E-state index in [0.29, 0.717) is 11.8 Å². The van der Waals surface area contributed by atoms with E-state index >= 15 is 0 Å². The van der Waals surface area contributed by atoms with Gasteiger partial charge >= 0.3 is 0 Å². The summed E-state index contributed by atoms with van der Waals surface area (Å²) < 4.78 is 1.15. The highest BCUT2D eigenvalue weighted by atomic mass is 79.9. The molecule has 0 saturated heterocycles. The molecule has 2 N–H and O–H groups in total. The predicted octanol–water partition coefficient (Wildman–Crippen LogP) is 4.44. The Balaban J connectivity index is 1.97. The highest BCUT2D eigenvalue weighted by Crippen LogP contribution is 2.35. The Kier molecular flexibility index (Phi) is 5.10. The molecule has 4 heteroatoms. The van der Waals surface area contributed by atoms with Crippen LogP contribution in [0.4, 0.5) is 0 Å². The molecule has 1 aromatic heterocycles. The first-order valence-corrected chi connectivity index (χ1v) is 8.11. The lowest BCUT2D eigenvalue weighted by Gasteiger charge is -2.12. The number of halogens is 1. The van der Waals surface area contributed by atoms with Crippen molar-refractivity contribution in [3.8, 4) is 0 Å². The Morgan fingerprint density at radius 3 is 2.65 bits per heavy atom. The molecule has 90 valence electrons. The average molecular weight is 328 g/mol. The van der Waals surface area contributed by atoms with Crippen LogP contribution in [0, 0.1) is 0 Å². The van der Waals surface area contributed by atoms with Crippen LogP contribution in [0.2, 0.25) is 0 Å². The molecule has 0 aliphatic rings. The zero-order chi connectivity index (χ0) is 12.1. The molecule has 0 amide bonds. The number of hydrogen-bond acceptors (Lipinski definition) is 3. The lowest BCUT2D eigenvalue weighted by Crippen LogP contribution is -2.08. The Morgan fingerprint density at radius 1 is 1.29 bits per heavy atom. The number of rotatable bonds is 5. The van der Waals surface area contributed by atoms with Crippen molar-refractivity contribution in [3.63, 3.8) is 0 Å². The van der Waals surface area contributed by atoms with E-state index in [0.717, 1.165) is 10.2 Å². The van der Waals surface area contributed by atoms with Gasteiger partial charge in [0.2, 0.25) is 0 Å². The van der Waals surface area contributed by atoms with Crippen LogP contribution in [0.25, 0.3) is 0 Å². The summed E-state index contributed by atoms with van der Waals surface area (Å²) in [4.78, 5) is 1.35. The fourth-order valence-corrected chi connectivity index (χ4v) is 4.30. The fourth-order valence-electron chi connectivity index (χ4n) is 1.53. The maximum atomic E-state index is 5.85. The van der Waals surface area contributed by atoms with Crippen LogP contribution in [0.15, 0.2) is 46.3 Å². The van der Waals surface area contributed by atoms with E-state index in [1.165, 1.54) is 10.4 Å². The third-order valence-electron chi connectivity index (χ3n) is 2.41. The maximum Gasteiger partial charge on any atom is 0.0517 e. The van der Waals surface area contributed by atoms with Gasteiger partial charge in [0.15, 0.2) is 0 Å². The van der Waals surface area contributed by atoms with E-state index in [4.69, 9.17) is 5.73 Å². The van der Waals surface area contributed by atoms with Crippen molar-refractivity contribution in [1.82, 2.24) is 0 Å². The standard InChI is InChI=1S/C13H14BrNS2/c14-11-6-12(17-9-11)13(7-15)16-8-10-4-2-1-3-5-10/h1-6,9,13H,7-8,15H2. The van der Waals surface area contributed by atoms with Gasteiger partial charge in [0.05, 0.1) is 5.25 Å². The zero-order valence-corrected chi connectivity index (χ0v) is 12.5. The van der Waals surface area contributed by atoms with Gasteiger partial charge in [-0.2, -0.15) is 0 Å². The Bertz CT molecular complexity index is 455. The summed E-state index contributed by atoms with van der Waals surface area (Å²) in [5.74, 6) is 1.01. The second-order valence-electron chi connectivity index (χ2n) is 3.69. The summed E-state index contributed by atoms with van der Waals surface area (Å²) in [5, 5.41) is 2.51. The highest BCUT2D eigenvalue weighted by molar-refractivity contribution is 9.10. The third-order valence-corrected chi connectivity index (χ3v) is 5.72. The van der Waals surface area contributed by atoms with Crippen LogP contribution in [-0.2, 0) is 5.75 Å². The maximum absolute atomic E-state index is 5.85. The molecule has 1 atom stereocenters. The molecular weight excluding hydrogens is 314 g/mol. The SMILES string of the molecule is NCC(SCc1ccccc1)c1cc(Br)cs1. The van der Waals surface area contributed by atoms with Gasteiger partial charge in [-0.1, -0.05) is 30.3 Å². The van der Waals surface area contributed by atoms with Crippen molar-refractivity contribution in [1.29, 1.82) is 0 Å². The second kappa shape index (κ2) is 6.59. The van der Waals surface area contributed by atoms with Crippen LogP contribution < -0.4 is 5.73 Å². The number of benzene rings is 1. The van der Waals surface area contributed by atoms with Crippen molar-refractivity contribution in [2.75, 3.05) is 6.54 Å². The second-order valence-corrected chi connectivity index (χ2v) is 6.74. The molecule has 1 heterocycles. The van der Waals surface area contributed by atoms with Gasteiger partial charge in [0.1, 0.15) is 0 Å². The summed E-state index contributed by atoms with van der Waals surface area (Å²) in [6.07, 6.45) is 0. The van der Waals surface area contributed by atoms with Crippen molar-refractivity contribution in [2.24, 2.45) is 5.73 Å². The summed E-state index contributed by atoms with van der Waals surface area (Å²) in [7, 11) is 0. The lowest BCUT2D eigenvalue weighted by atomic mass is 10.2. The van der Waals surface area contributed by atoms with Crippen molar-refractivity contribution in [3.05, 3.63) is 56.7 Å². The van der Waals surface area contributed by atoms with E-state index in [1.807, 2.05) is 17.8 Å². The van der Waals surface area contributed by atoms with Gasteiger partial charge in [-0.15, -0.1) is 23.1 Å². The van der Waals surface area contributed by atoms with Crippen LogP contribution >= 0.6 is 39.0 Å². The molecule has 2 rings (SSSR count). The molecule has 0 spiro atoms. The predicted molar refractivity (Wildman–Crippen MR) is 81.6 cm³/mol. The first kappa shape index (κ1) is 13.1. The monoisotopic (exact) mass is 327 g/mol. The van der Waals surface area contributed by atoms with E-state index in [-0.39, 0.29) is 0 Å². The number of nitrogens with two attached hydrogens (primary N) is 1. The number of hydrogen-bond donors (Lipinski definition) is 1. The Morgan fingerprint density at radius 2 is 2.06 bits per heavy atom. The number of thiophene rings is 1. The molecular formula is C13H14BrNS2. The summed E-state index contributed by atoms with van der Waals surface area (Å²) in [6, 6.07) is 12.7. The summed E-state index contributed by atoms with van der Waals surface area (Å²) >= 11 is 7.16. The summed E-state index contributed by atoms with van der Waals surface area (Å²) in [5.41, 5.74) is 7.20. The van der Waals surface area contributed by atoms with Crippen molar-refractivity contribution in [2.45, 2.75) is 11.0 Å². The summed E-state index contributed by atoms with van der Waals surface area (Å²) in [6.45, 7) is 0.685. The molecule has 0 aliphatic carbocycles. The molecule has 0 aliphatic heterocycles. The van der Waals surface area contributed by atoms with Gasteiger partial charge < -0.3 is 5.73 Å². The average Bonchev–Trinajstić information content (AvgIpc) is 2.78. The van der Waals surface area contributed by atoms with Crippen LogP contribution in [-0.4, -0.2) is 6.54 Å². The van der Waals surface area contributed by atoms with E-state index in [2.05, 4.69) is 51.6 Å². The quantitative estimate of drug-likeness (QED) is 0.878. The van der Waals surface area contributed by atoms with E-state index in [9.17, 15) is 0 Å². The van der Waals surface area contributed by atoms with Crippen LogP contribution in [0.3, 0.4) is 0 Å². The molecule has 0 saturated carbocycles. The van der Waals surface area contributed by atoms with Gasteiger partial charge in [-0.25, -0.2) is 0 Å². The Labute approximate surface area is 119 Å². The van der Waals surface area contributed by atoms with Gasteiger partial charge in [-0.3, -0.25) is 0 Å². The largest absolute Gasteiger partial charge is 0.329 e. The zero-order valence-electron chi connectivity index (χ0n) is 9.30.